The molecule has 0 aliphatic carbocycles. The first kappa shape index (κ1) is 9.52. The second-order valence-corrected chi connectivity index (χ2v) is 2.64. The average molecular weight is 174 g/mol. The lowest BCUT2D eigenvalue weighted by Gasteiger charge is -2.00. The zero-order chi connectivity index (χ0) is 9.52. The maximum Gasteiger partial charge on any atom is 0.0598 e. The molecule has 0 spiro atoms. The summed E-state index contributed by atoms with van der Waals surface area (Å²) in [6, 6.07) is 9.86. The number of anilines is 1. The number of nitrogens with one attached hydrogen (secondary N) is 1. The van der Waals surface area contributed by atoms with E-state index in [-0.39, 0.29) is 0 Å². The number of hydrogen-bond donors (Lipinski definition) is 1. The Morgan fingerprint density at radius 1 is 1.46 bits per heavy atom. The monoisotopic (exact) mass is 174 g/mol. The van der Waals surface area contributed by atoms with Crippen LogP contribution in [0, 0.1) is 0 Å². The fraction of sp³-hybridized carbons (Fsp3) is 0.182. The van der Waals surface area contributed by atoms with Gasteiger partial charge in [-0.25, -0.2) is 0 Å². The third-order valence-corrected chi connectivity index (χ3v) is 1.70. The molecule has 0 unspecified atom stereocenters. The molecule has 2 heteroatoms. The Balaban J connectivity index is 2.60. The maximum absolute atomic E-state index is 4.18. The number of para-hydroxylation sites is 1. The molecule has 0 saturated carbocycles. The summed E-state index contributed by atoms with van der Waals surface area (Å²) in [6.45, 7) is 5.72. The minimum atomic E-state index is 0.892. The Bertz CT molecular complexity index is 288. The molecule has 0 aromatic heterocycles. The molecule has 0 atom stereocenters. The van der Waals surface area contributed by atoms with Crippen LogP contribution in [0.2, 0.25) is 0 Å². The van der Waals surface area contributed by atoms with Gasteiger partial charge in [0.05, 0.1) is 11.4 Å². The highest BCUT2D eigenvalue weighted by atomic mass is 15.3. The Morgan fingerprint density at radius 3 is 2.69 bits per heavy atom. The lowest BCUT2D eigenvalue weighted by molar-refractivity contribution is 1.23. The summed E-state index contributed by atoms with van der Waals surface area (Å²) in [4.78, 5) is 0. The van der Waals surface area contributed by atoms with Gasteiger partial charge in [-0.2, -0.15) is 5.10 Å². The molecular formula is C11H14N2. The van der Waals surface area contributed by atoms with Gasteiger partial charge < -0.3 is 0 Å². The average Bonchev–Trinajstić information content (AvgIpc) is 2.21. The molecule has 1 rings (SSSR count). The van der Waals surface area contributed by atoms with E-state index in [9.17, 15) is 0 Å². The van der Waals surface area contributed by atoms with Crippen molar-refractivity contribution in [2.75, 3.05) is 5.43 Å². The zero-order valence-electron chi connectivity index (χ0n) is 7.83. The van der Waals surface area contributed by atoms with Gasteiger partial charge >= 0.3 is 0 Å². The second-order valence-electron chi connectivity index (χ2n) is 2.64. The summed E-state index contributed by atoms with van der Waals surface area (Å²) in [5.41, 5.74) is 4.92. The van der Waals surface area contributed by atoms with Gasteiger partial charge in [-0.05, 0) is 24.6 Å². The van der Waals surface area contributed by atoms with Crippen LogP contribution in [-0.2, 0) is 0 Å². The molecule has 0 radical (unpaired) electrons. The molecule has 0 fully saturated rings. The molecule has 0 aliphatic heterocycles. The number of hydrazone groups is 1. The quantitative estimate of drug-likeness (QED) is 0.550. The normalized spacial score (nSPS) is 11.0. The van der Waals surface area contributed by atoms with E-state index in [4.69, 9.17) is 0 Å². The van der Waals surface area contributed by atoms with Gasteiger partial charge in [-0.1, -0.05) is 31.7 Å². The Hall–Kier alpha value is -1.57. The summed E-state index contributed by atoms with van der Waals surface area (Å²) in [5, 5.41) is 4.18. The number of nitrogens with zero attached hydrogens (tertiary/aromatic N) is 1. The van der Waals surface area contributed by atoms with E-state index in [1.807, 2.05) is 37.3 Å². The lowest BCUT2D eigenvalue weighted by Crippen LogP contribution is -1.96. The Labute approximate surface area is 79.0 Å². The van der Waals surface area contributed by atoms with Gasteiger partial charge in [0.1, 0.15) is 0 Å². The van der Waals surface area contributed by atoms with Crippen LogP contribution in [0.5, 0.6) is 0 Å². The number of rotatable bonds is 4. The van der Waals surface area contributed by atoms with E-state index in [1.54, 1.807) is 6.08 Å². The molecule has 0 aliphatic rings. The molecule has 0 amide bonds. The largest absolute Gasteiger partial charge is 0.278 e. The van der Waals surface area contributed by atoms with Crippen LogP contribution in [0.15, 0.2) is 48.1 Å². The van der Waals surface area contributed by atoms with Gasteiger partial charge in [-0.15, -0.1) is 0 Å². The summed E-state index contributed by atoms with van der Waals surface area (Å²) in [5.74, 6) is 0. The first-order valence-electron chi connectivity index (χ1n) is 4.37. The minimum Gasteiger partial charge on any atom is -0.278 e. The van der Waals surface area contributed by atoms with Crippen molar-refractivity contribution < 1.29 is 0 Å². The third kappa shape index (κ3) is 3.11. The molecular weight excluding hydrogens is 160 g/mol. The van der Waals surface area contributed by atoms with Crippen molar-refractivity contribution in [3.8, 4) is 0 Å². The molecule has 1 N–H and O–H groups in total. The molecule has 0 bridgehead atoms. The molecule has 1 aromatic carbocycles. The van der Waals surface area contributed by atoms with Crippen LogP contribution in [0.3, 0.4) is 0 Å². The molecule has 2 nitrogen and oxygen atoms in total. The van der Waals surface area contributed by atoms with Crippen LogP contribution in [0.1, 0.15) is 13.3 Å². The standard InChI is InChI=1S/C11H14N2/c1-3-10(4-2)12-13-11-8-6-5-7-9-11/h3,5-9,13H,1,4H2,2H3/b12-10+. The highest BCUT2D eigenvalue weighted by molar-refractivity contribution is 5.94. The fourth-order valence-electron chi connectivity index (χ4n) is 0.918. The van der Waals surface area contributed by atoms with Crippen molar-refractivity contribution >= 4 is 11.4 Å². The number of benzene rings is 1. The van der Waals surface area contributed by atoms with Crippen molar-refractivity contribution in [2.45, 2.75) is 13.3 Å². The first-order chi connectivity index (χ1) is 6.36. The van der Waals surface area contributed by atoms with E-state index in [0.717, 1.165) is 17.8 Å². The van der Waals surface area contributed by atoms with E-state index >= 15 is 0 Å². The van der Waals surface area contributed by atoms with Crippen molar-refractivity contribution in [1.29, 1.82) is 0 Å². The van der Waals surface area contributed by atoms with Gasteiger partial charge in [0.2, 0.25) is 0 Å². The highest BCUT2D eigenvalue weighted by Gasteiger charge is 1.88. The Morgan fingerprint density at radius 2 is 2.15 bits per heavy atom. The van der Waals surface area contributed by atoms with Crippen molar-refractivity contribution in [2.24, 2.45) is 5.10 Å². The lowest BCUT2D eigenvalue weighted by atomic mass is 10.3. The number of hydrogen-bond acceptors (Lipinski definition) is 2. The minimum absolute atomic E-state index is 0.892. The summed E-state index contributed by atoms with van der Waals surface area (Å²) in [7, 11) is 0. The smallest absolute Gasteiger partial charge is 0.0598 e. The molecule has 0 saturated heterocycles. The van der Waals surface area contributed by atoms with E-state index in [1.165, 1.54) is 0 Å². The predicted molar refractivity (Wildman–Crippen MR) is 58.0 cm³/mol. The van der Waals surface area contributed by atoms with E-state index in [0.29, 0.717) is 0 Å². The Kier molecular flexibility index (Phi) is 3.76. The van der Waals surface area contributed by atoms with Gasteiger partial charge in [0.25, 0.3) is 0 Å². The highest BCUT2D eigenvalue weighted by Crippen LogP contribution is 2.04. The molecule has 13 heavy (non-hydrogen) atoms. The van der Waals surface area contributed by atoms with Crippen molar-refractivity contribution in [3.63, 3.8) is 0 Å². The topological polar surface area (TPSA) is 24.4 Å². The van der Waals surface area contributed by atoms with Crippen LogP contribution in [-0.4, -0.2) is 5.71 Å². The third-order valence-electron chi connectivity index (χ3n) is 1.70. The van der Waals surface area contributed by atoms with Crippen LogP contribution in [0.25, 0.3) is 0 Å². The van der Waals surface area contributed by atoms with Gasteiger partial charge in [0.15, 0.2) is 0 Å². The van der Waals surface area contributed by atoms with Crippen LogP contribution < -0.4 is 5.43 Å². The zero-order valence-corrected chi connectivity index (χ0v) is 7.83. The molecule has 1 aromatic rings. The van der Waals surface area contributed by atoms with Gasteiger partial charge in [0, 0.05) is 0 Å². The van der Waals surface area contributed by atoms with Crippen LogP contribution >= 0.6 is 0 Å². The maximum atomic E-state index is 4.18. The fourth-order valence-corrected chi connectivity index (χ4v) is 0.918. The van der Waals surface area contributed by atoms with E-state index < -0.39 is 0 Å². The first-order valence-corrected chi connectivity index (χ1v) is 4.37. The van der Waals surface area contributed by atoms with Crippen LogP contribution in [0.4, 0.5) is 5.69 Å². The molecule has 0 heterocycles. The number of allylic oxidation sites excluding steroid dienone is 1. The SMILES string of the molecule is C=C/C(CC)=N\Nc1ccccc1. The van der Waals surface area contributed by atoms with Crippen molar-refractivity contribution in [1.82, 2.24) is 0 Å². The van der Waals surface area contributed by atoms with E-state index in [2.05, 4.69) is 17.1 Å². The second kappa shape index (κ2) is 5.14. The molecule has 68 valence electrons. The predicted octanol–water partition coefficient (Wildman–Crippen LogP) is 3.05. The van der Waals surface area contributed by atoms with Gasteiger partial charge in [-0.3, -0.25) is 5.43 Å². The summed E-state index contributed by atoms with van der Waals surface area (Å²) in [6.07, 6.45) is 2.65. The summed E-state index contributed by atoms with van der Waals surface area (Å²) >= 11 is 0. The summed E-state index contributed by atoms with van der Waals surface area (Å²) < 4.78 is 0. The van der Waals surface area contributed by atoms with Crippen molar-refractivity contribution in [3.05, 3.63) is 43.0 Å².